The van der Waals surface area contributed by atoms with Gasteiger partial charge in [-0.1, -0.05) is 84.0 Å². The number of ether oxygens (including phenoxy) is 2. The zero-order valence-electron chi connectivity index (χ0n) is 23.2. The minimum atomic E-state index is -1.56. The molecule has 0 aliphatic carbocycles. The van der Waals surface area contributed by atoms with Crippen LogP contribution in [0.2, 0.25) is 0 Å². The quantitative estimate of drug-likeness (QED) is 0.122. The first-order valence-corrected chi connectivity index (χ1v) is 14.6. The lowest BCUT2D eigenvalue weighted by Gasteiger charge is -2.40. The van der Waals surface area contributed by atoms with Crippen LogP contribution in [0.25, 0.3) is 0 Å². The summed E-state index contributed by atoms with van der Waals surface area (Å²) >= 11 is 0. The maximum absolute atomic E-state index is 11.0. The normalized spacial score (nSPS) is 26.4. The van der Waals surface area contributed by atoms with Crippen molar-refractivity contribution in [3.63, 3.8) is 0 Å². The Bertz CT molecular complexity index is 733. The van der Waals surface area contributed by atoms with Crippen molar-refractivity contribution >= 4 is 0 Å². The van der Waals surface area contributed by atoms with Crippen LogP contribution in [0.1, 0.15) is 108 Å². The van der Waals surface area contributed by atoms with Crippen molar-refractivity contribution in [3.8, 4) is 0 Å². The van der Waals surface area contributed by atoms with Gasteiger partial charge in [-0.2, -0.15) is 0 Å². The fraction of sp³-hybridized carbons (Fsp3) is 0.893. The summed E-state index contributed by atoms with van der Waals surface area (Å²) < 4.78 is 11.1. The molecule has 7 N–H and O–H groups in total. The third kappa shape index (κ3) is 10.8. The largest absolute Gasteiger partial charge is 0.394 e. The highest BCUT2D eigenvalue weighted by Crippen LogP contribution is 2.27. The predicted molar refractivity (Wildman–Crippen MR) is 143 cm³/mol. The molecule has 0 bridgehead atoms. The number of nitrogens with zero attached hydrogens (tertiary/aromatic N) is 1. The maximum atomic E-state index is 11.0. The number of hydrogen-bond donors (Lipinski definition) is 7. The van der Waals surface area contributed by atoms with Crippen LogP contribution in [-0.4, -0.2) is 96.7 Å². The van der Waals surface area contributed by atoms with E-state index in [1.54, 1.807) is 13.1 Å². The minimum absolute atomic E-state index is 0.174. The molecule has 2 heterocycles. The van der Waals surface area contributed by atoms with Crippen LogP contribution >= 0.6 is 0 Å². The number of aromatic nitrogens is 2. The van der Waals surface area contributed by atoms with E-state index >= 15 is 0 Å². The first-order valence-electron chi connectivity index (χ1n) is 14.6. The highest BCUT2D eigenvalue weighted by Gasteiger charge is 2.44. The zero-order chi connectivity index (χ0) is 27.9. The van der Waals surface area contributed by atoms with Gasteiger partial charge >= 0.3 is 0 Å². The molecule has 0 saturated carbocycles. The van der Waals surface area contributed by atoms with Crippen LogP contribution in [0.15, 0.2) is 6.20 Å². The van der Waals surface area contributed by atoms with Crippen LogP contribution in [0.4, 0.5) is 0 Å². The molecule has 0 unspecified atom stereocenters. The van der Waals surface area contributed by atoms with Gasteiger partial charge in [0.15, 0.2) is 6.29 Å². The summed E-state index contributed by atoms with van der Waals surface area (Å²) in [4.78, 5) is 7.38. The number of rotatable bonds is 20. The van der Waals surface area contributed by atoms with E-state index in [9.17, 15) is 30.6 Å². The molecule has 2 rings (SSSR count). The van der Waals surface area contributed by atoms with E-state index in [2.05, 4.69) is 16.9 Å². The van der Waals surface area contributed by atoms with Gasteiger partial charge in [0.2, 0.25) is 0 Å². The molecule has 1 aromatic heterocycles. The number of aryl methyl sites for hydroxylation is 1. The van der Waals surface area contributed by atoms with E-state index in [4.69, 9.17) is 9.47 Å². The molecule has 10 nitrogen and oxygen atoms in total. The summed E-state index contributed by atoms with van der Waals surface area (Å²) in [6.45, 7) is 3.30. The molecule has 1 aliphatic heterocycles. The number of imidazole rings is 1. The smallest absolute Gasteiger partial charge is 0.186 e. The Kier molecular flexibility index (Phi) is 15.9. The number of aliphatic hydroxyl groups excluding tert-OH is 6. The summed E-state index contributed by atoms with van der Waals surface area (Å²) in [5, 5.41) is 61.3. The van der Waals surface area contributed by atoms with Gasteiger partial charge in [0.25, 0.3) is 0 Å². The Balaban J connectivity index is 1.76. The lowest BCUT2D eigenvalue weighted by molar-refractivity contribution is -0.303. The van der Waals surface area contributed by atoms with Crippen LogP contribution in [0.3, 0.4) is 0 Å². The van der Waals surface area contributed by atoms with Crippen molar-refractivity contribution in [2.75, 3.05) is 13.2 Å². The third-order valence-corrected chi connectivity index (χ3v) is 7.53. The lowest BCUT2D eigenvalue weighted by Crippen LogP contribution is -2.59. The number of unbranched alkanes of at least 4 members (excludes halogenated alkanes) is 11. The molecule has 0 radical (unpaired) electrons. The van der Waals surface area contributed by atoms with Crippen molar-refractivity contribution < 1.29 is 40.1 Å². The fourth-order valence-electron chi connectivity index (χ4n) is 5.00. The summed E-state index contributed by atoms with van der Waals surface area (Å²) in [5.41, 5.74) is 0.709. The number of H-pyrrole nitrogens is 1. The first-order chi connectivity index (χ1) is 18.3. The highest BCUT2D eigenvalue weighted by atomic mass is 16.7. The molecule has 222 valence electrons. The number of aliphatic hydroxyl groups is 6. The third-order valence-electron chi connectivity index (χ3n) is 7.53. The summed E-state index contributed by atoms with van der Waals surface area (Å²) in [6, 6.07) is 0. The van der Waals surface area contributed by atoms with Gasteiger partial charge in [0.05, 0.1) is 37.0 Å². The minimum Gasteiger partial charge on any atom is -0.394 e. The molecular weight excluding hydrogens is 492 g/mol. The van der Waals surface area contributed by atoms with Gasteiger partial charge in [-0.15, -0.1) is 0 Å². The Morgan fingerprint density at radius 3 is 2.00 bits per heavy atom. The standard InChI is InChI=1S/C28H52N2O8/c1-3-4-5-6-7-8-9-10-11-12-13-14-15-21(32)23(33)20(27-29-16-19(2)30-27)18-37-28-26(36)25(35)24(34)22(17-31)38-28/h16,20-26,28,31-36H,3-15,17-18H2,1-2H3,(H,29,30)/t20-,21+,22+,23-,24-,25-,26+,28-/m0/s1. The van der Waals surface area contributed by atoms with Gasteiger partial charge < -0.3 is 45.1 Å². The van der Waals surface area contributed by atoms with Crippen molar-refractivity contribution in [1.29, 1.82) is 0 Å². The maximum Gasteiger partial charge on any atom is 0.186 e. The van der Waals surface area contributed by atoms with E-state index in [-0.39, 0.29) is 6.61 Å². The van der Waals surface area contributed by atoms with Crippen LogP contribution in [0, 0.1) is 6.92 Å². The Labute approximate surface area is 227 Å². The van der Waals surface area contributed by atoms with Gasteiger partial charge in [0.1, 0.15) is 30.2 Å². The van der Waals surface area contributed by atoms with E-state index in [1.165, 1.54) is 57.8 Å². The molecule has 0 spiro atoms. The van der Waals surface area contributed by atoms with Gasteiger partial charge in [-0.05, 0) is 13.3 Å². The van der Waals surface area contributed by atoms with Crippen molar-refractivity contribution in [2.24, 2.45) is 0 Å². The van der Waals surface area contributed by atoms with Crippen molar-refractivity contribution in [3.05, 3.63) is 17.7 Å². The van der Waals surface area contributed by atoms with Crippen LogP contribution in [-0.2, 0) is 9.47 Å². The Morgan fingerprint density at radius 1 is 0.895 bits per heavy atom. The second kappa shape index (κ2) is 18.3. The van der Waals surface area contributed by atoms with E-state index in [0.717, 1.165) is 19.3 Å². The molecular formula is C28H52N2O8. The topological polar surface area (TPSA) is 169 Å². The van der Waals surface area contributed by atoms with Gasteiger partial charge in [0, 0.05) is 6.20 Å². The molecule has 1 aliphatic rings. The fourth-order valence-corrected chi connectivity index (χ4v) is 5.00. The first kappa shape index (κ1) is 33.1. The summed E-state index contributed by atoms with van der Waals surface area (Å²) in [5.74, 6) is -0.322. The van der Waals surface area contributed by atoms with Gasteiger partial charge in [-0.25, -0.2) is 4.98 Å². The molecule has 0 amide bonds. The molecule has 1 saturated heterocycles. The van der Waals surface area contributed by atoms with Crippen molar-refractivity contribution in [2.45, 2.75) is 146 Å². The molecule has 1 aromatic rings. The molecule has 0 aromatic carbocycles. The number of nitrogens with one attached hydrogen (secondary N) is 1. The average Bonchev–Trinajstić information content (AvgIpc) is 3.34. The second-order valence-electron chi connectivity index (χ2n) is 10.8. The second-order valence-corrected chi connectivity index (χ2v) is 10.8. The SMILES string of the molecule is CCCCCCCCCCCCCC[C@@H](O)[C@@H](O)[C@H](CO[C@H]1O[C@H](CO)[C@H](O)[C@H](O)[C@H]1O)c1nc(C)c[nH]1. The van der Waals surface area contributed by atoms with Gasteiger partial charge in [-0.3, -0.25) is 0 Å². The number of aromatic amines is 1. The zero-order valence-corrected chi connectivity index (χ0v) is 23.2. The van der Waals surface area contributed by atoms with E-state index < -0.39 is 55.4 Å². The monoisotopic (exact) mass is 544 g/mol. The molecule has 8 atom stereocenters. The van der Waals surface area contributed by atoms with Crippen LogP contribution in [0.5, 0.6) is 0 Å². The average molecular weight is 545 g/mol. The molecule has 38 heavy (non-hydrogen) atoms. The highest BCUT2D eigenvalue weighted by molar-refractivity contribution is 5.07. The molecule has 1 fully saturated rings. The summed E-state index contributed by atoms with van der Waals surface area (Å²) in [7, 11) is 0. The lowest BCUT2D eigenvalue weighted by atomic mass is 9.94. The Morgan fingerprint density at radius 2 is 1.47 bits per heavy atom. The van der Waals surface area contributed by atoms with E-state index in [0.29, 0.717) is 17.9 Å². The molecule has 10 heteroatoms. The van der Waals surface area contributed by atoms with Crippen LogP contribution < -0.4 is 0 Å². The Hall–Kier alpha value is -1.11. The number of hydrogen-bond acceptors (Lipinski definition) is 9. The predicted octanol–water partition coefficient (Wildman–Crippen LogP) is 2.43. The van der Waals surface area contributed by atoms with Crippen molar-refractivity contribution in [1.82, 2.24) is 9.97 Å². The summed E-state index contributed by atoms with van der Waals surface area (Å²) in [6.07, 6.45) is 7.52. The van der Waals surface area contributed by atoms with E-state index in [1.807, 2.05) is 0 Å².